The summed E-state index contributed by atoms with van der Waals surface area (Å²) in [6.45, 7) is 0. The van der Waals surface area contributed by atoms with E-state index in [1.54, 1.807) is 0 Å². The summed E-state index contributed by atoms with van der Waals surface area (Å²) in [6, 6.07) is 69.6. The van der Waals surface area contributed by atoms with Crippen LogP contribution in [0.25, 0.3) is 82.1 Å². The van der Waals surface area contributed by atoms with Gasteiger partial charge in [0.2, 0.25) is 0 Å². The molecule has 0 aliphatic carbocycles. The molecule has 9 aromatic carbocycles. The first-order valence-electron chi connectivity index (χ1n) is 18.1. The Hall–Kier alpha value is -7.10. The van der Waals surface area contributed by atoms with Gasteiger partial charge < -0.3 is 13.9 Å². The topological polar surface area (TPSA) is 21.3 Å². The number of nitrogens with zero attached hydrogens (tertiary/aromatic N) is 2. The zero-order valence-corrected chi connectivity index (χ0v) is 28.8. The van der Waals surface area contributed by atoms with Gasteiger partial charge in [0.05, 0.1) is 11.0 Å². The lowest BCUT2D eigenvalue weighted by atomic mass is 9.90. The van der Waals surface area contributed by atoms with Gasteiger partial charge in [-0.2, -0.15) is 0 Å². The molecule has 0 saturated heterocycles. The van der Waals surface area contributed by atoms with E-state index < -0.39 is 0 Å². The third-order valence-electron chi connectivity index (χ3n) is 10.7. The van der Waals surface area contributed by atoms with E-state index in [2.05, 4.69) is 204 Å². The zero-order chi connectivity index (χ0) is 34.9. The maximum atomic E-state index is 6.85. The van der Waals surface area contributed by atoms with E-state index in [-0.39, 0.29) is 0 Å². The number of hydrogen-bond donors (Lipinski definition) is 0. The van der Waals surface area contributed by atoms with Crippen LogP contribution in [0, 0.1) is 0 Å². The largest absolute Gasteiger partial charge is 0.454 e. The van der Waals surface area contributed by atoms with Crippen LogP contribution in [0.4, 0.5) is 17.1 Å². The van der Waals surface area contributed by atoms with Crippen molar-refractivity contribution in [1.29, 1.82) is 0 Å². The lowest BCUT2D eigenvalue weighted by Gasteiger charge is -2.25. The number of hydrogen-bond acceptors (Lipinski definition) is 2. The van der Waals surface area contributed by atoms with Crippen LogP contribution < -0.4 is 4.90 Å². The molecule has 0 amide bonds. The fourth-order valence-corrected chi connectivity index (χ4v) is 8.44. The normalized spacial score (nSPS) is 11.8. The molecule has 0 spiro atoms. The Morgan fingerprint density at radius 1 is 0.396 bits per heavy atom. The predicted octanol–water partition coefficient (Wildman–Crippen LogP) is 14.1. The van der Waals surface area contributed by atoms with E-state index in [1.165, 1.54) is 43.4 Å². The predicted molar refractivity (Wildman–Crippen MR) is 223 cm³/mol. The molecule has 3 heteroatoms. The SMILES string of the molecule is c1ccc(N(c2ccccc2)c2ccc(-n3c4ccccc4c4c(-c5cc6ccccc6c6ccccc56)cc5c6ccccc6oc5c43)cc2)cc1. The van der Waals surface area contributed by atoms with Crippen molar-refractivity contribution in [1.82, 2.24) is 4.57 Å². The highest BCUT2D eigenvalue weighted by Gasteiger charge is 2.24. The van der Waals surface area contributed by atoms with E-state index in [0.29, 0.717) is 0 Å². The zero-order valence-electron chi connectivity index (χ0n) is 28.8. The van der Waals surface area contributed by atoms with Crippen LogP contribution >= 0.6 is 0 Å². The van der Waals surface area contributed by atoms with Crippen LogP contribution in [0.15, 0.2) is 199 Å². The van der Waals surface area contributed by atoms with Crippen molar-refractivity contribution in [2.75, 3.05) is 4.90 Å². The molecule has 2 heterocycles. The van der Waals surface area contributed by atoms with Crippen LogP contribution in [0.3, 0.4) is 0 Å². The molecular weight excluding hydrogens is 645 g/mol. The molecule has 0 bridgehead atoms. The minimum absolute atomic E-state index is 0.887. The van der Waals surface area contributed by atoms with Crippen LogP contribution in [0.1, 0.15) is 0 Å². The fourth-order valence-electron chi connectivity index (χ4n) is 8.44. The summed E-state index contributed by atoms with van der Waals surface area (Å²) in [4.78, 5) is 2.30. The second-order valence-electron chi connectivity index (χ2n) is 13.7. The summed E-state index contributed by atoms with van der Waals surface area (Å²) in [6.07, 6.45) is 0. The molecule has 2 aromatic heterocycles. The summed E-state index contributed by atoms with van der Waals surface area (Å²) in [5.41, 5.74) is 10.8. The minimum Gasteiger partial charge on any atom is -0.454 e. The van der Waals surface area contributed by atoms with Gasteiger partial charge in [0.25, 0.3) is 0 Å². The van der Waals surface area contributed by atoms with Crippen LogP contribution in [0.5, 0.6) is 0 Å². The molecule has 0 radical (unpaired) electrons. The van der Waals surface area contributed by atoms with Crippen molar-refractivity contribution in [3.8, 4) is 16.8 Å². The standard InChI is InChI=1S/C50H32N2O/c1-3-16-34(17-4-1)51(35-18-5-2-6-19-35)36-27-29-37(30-28-36)52-46-25-13-11-24-42(46)48-44(32-45-41-23-12-14-26-47(41)53-50(45)49(48)52)43-31-33-15-7-8-20-38(33)39-21-9-10-22-40(39)43/h1-32H. The maximum Gasteiger partial charge on any atom is 0.160 e. The Morgan fingerprint density at radius 3 is 1.70 bits per heavy atom. The van der Waals surface area contributed by atoms with E-state index in [4.69, 9.17) is 4.42 Å². The number of anilines is 3. The fraction of sp³-hybridized carbons (Fsp3) is 0. The minimum atomic E-state index is 0.887. The van der Waals surface area contributed by atoms with Crippen molar-refractivity contribution >= 4 is 82.4 Å². The van der Waals surface area contributed by atoms with Gasteiger partial charge in [0.1, 0.15) is 5.58 Å². The van der Waals surface area contributed by atoms with Gasteiger partial charge in [-0.25, -0.2) is 0 Å². The van der Waals surface area contributed by atoms with Crippen LogP contribution in [-0.4, -0.2) is 4.57 Å². The van der Waals surface area contributed by atoms with Crippen molar-refractivity contribution in [3.63, 3.8) is 0 Å². The number of para-hydroxylation sites is 4. The second kappa shape index (κ2) is 11.7. The van der Waals surface area contributed by atoms with Gasteiger partial charge in [0.15, 0.2) is 5.58 Å². The molecule has 0 aliphatic rings. The van der Waals surface area contributed by atoms with Crippen LogP contribution in [-0.2, 0) is 0 Å². The molecule has 0 N–H and O–H groups in total. The van der Waals surface area contributed by atoms with E-state index in [9.17, 15) is 0 Å². The van der Waals surface area contributed by atoms with Crippen molar-refractivity contribution in [2.24, 2.45) is 0 Å². The molecule has 11 aromatic rings. The number of benzene rings is 9. The number of aromatic nitrogens is 1. The first kappa shape index (κ1) is 29.6. The Kier molecular flexibility index (Phi) is 6.55. The molecule has 0 atom stereocenters. The van der Waals surface area contributed by atoms with Crippen molar-refractivity contribution in [2.45, 2.75) is 0 Å². The van der Waals surface area contributed by atoms with Gasteiger partial charge >= 0.3 is 0 Å². The molecular formula is C50H32N2O. The van der Waals surface area contributed by atoms with Gasteiger partial charge in [0, 0.05) is 44.3 Å². The van der Waals surface area contributed by atoms with E-state index >= 15 is 0 Å². The smallest absolute Gasteiger partial charge is 0.160 e. The molecule has 11 rings (SSSR count). The Bertz CT molecular complexity index is 3120. The van der Waals surface area contributed by atoms with Gasteiger partial charge in [-0.15, -0.1) is 0 Å². The molecule has 0 unspecified atom stereocenters. The molecule has 0 fully saturated rings. The summed E-state index contributed by atoms with van der Waals surface area (Å²) in [5.74, 6) is 0. The first-order chi connectivity index (χ1) is 26.3. The molecule has 0 aliphatic heterocycles. The lowest BCUT2D eigenvalue weighted by molar-refractivity contribution is 0.671. The van der Waals surface area contributed by atoms with Gasteiger partial charge in [-0.1, -0.05) is 121 Å². The Morgan fingerprint density at radius 2 is 0.962 bits per heavy atom. The summed E-state index contributed by atoms with van der Waals surface area (Å²) < 4.78 is 9.26. The van der Waals surface area contributed by atoms with E-state index in [0.717, 1.165) is 55.7 Å². The highest BCUT2D eigenvalue weighted by Crippen LogP contribution is 2.47. The monoisotopic (exact) mass is 676 g/mol. The van der Waals surface area contributed by atoms with Gasteiger partial charge in [-0.3, -0.25) is 0 Å². The summed E-state index contributed by atoms with van der Waals surface area (Å²) in [7, 11) is 0. The average Bonchev–Trinajstić information content (AvgIpc) is 3.78. The third-order valence-corrected chi connectivity index (χ3v) is 10.7. The Labute approximate surface area is 306 Å². The summed E-state index contributed by atoms with van der Waals surface area (Å²) in [5, 5.41) is 9.59. The summed E-state index contributed by atoms with van der Waals surface area (Å²) >= 11 is 0. The molecule has 0 saturated carbocycles. The number of furan rings is 1. The number of rotatable bonds is 5. The third kappa shape index (κ3) is 4.54. The van der Waals surface area contributed by atoms with Crippen molar-refractivity contribution < 1.29 is 4.42 Å². The maximum absolute atomic E-state index is 6.85. The van der Waals surface area contributed by atoms with Gasteiger partial charge in [-0.05, 0) is 105 Å². The lowest BCUT2D eigenvalue weighted by Crippen LogP contribution is -2.09. The molecule has 248 valence electrons. The highest BCUT2D eigenvalue weighted by molar-refractivity contribution is 6.28. The average molecular weight is 677 g/mol. The molecule has 53 heavy (non-hydrogen) atoms. The van der Waals surface area contributed by atoms with Crippen molar-refractivity contribution in [3.05, 3.63) is 194 Å². The quantitative estimate of drug-likeness (QED) is 0.169. The molecule has 3 nitrogen and oxygen atoms in total. The highest BCUT2D eigenvalue weighted by atomic mass is 16.3. The van der Waals surface area contributed by atoms with E-state index in [1.807, 2.05) is 0 Å². The first-order valence-corrected chi connectivity index (χ1v) is 18.1. The van der Waals surface area contributed by atoms with Crippen LogP contribution in [0.2, 0.25) is 0 Å². The second-order valence-corrected chi connectivity index (χ2v) is 13.7. The Balaban J connectivity index is 1.23. The number of fused-ring (bicyclic) bond motifs is 10.